The molecular formula is C17H29N3O. The Morgan fingerprint density at radius 3 is 2.81 bits per heavy atom. The van der Waals surface area contributed by atoms with E-state index in [1.165, 1.54) is 44.9 Å². The van der Waals surface area contributed by atoms with Gasteiger partial charge in [0, 0.05) is 18.4 Å². The van der Waals surface area contributed by atoms with Crippen LogP contribution in [0.4, 0.5) is 0 Å². The van der Waals surface area contributed by atoms with Crippen molar-refractivity contribution in [2.45, 2.75) is 77.2 Å². The first-order valence-electron chi connectivity index (χ1n) is 8.86. The maximum atomic E-state index is 5.54. The Bertz CT molecular complexity index is 445. The average molecular weight is 291 g/mol. The molecule has 0 radical (unpaired) electrons. The monoisotopic (exact) mass is 291 g/mol. The van der Waals surface area contributed by atoms with Crippen LogP contribution < -0.4 is 5.32 Å². The van der Waals surface area contributed by atoms with Crippen molar-refractivity contribution in [1.29, 1.82) is 0 Å². The van der Waals surface area contributed by atoms with Crippen molar-refractivity contribution in [2.75, 3.05) is 6.54 Å². The molecule has 0 saturated heterocycles. The third-order valence-corrected chi connectivity index (χ3v) is 5.29. The molecule has 1 heterocycles. The maximum Gasteiger partial charge on any atom is 0.228 e. The molecule has 1 N–H and O–H groups in total. The number of aromatic nitrogens is 2. The van der Waals surface area contributed by atoms with E-state index in [1.54, 1.807) is 0 Å². The highest BCUT2D eigenvalue weighted by Crippen LogP contribution is 2.52. The van der Waals surface area contributed by atoms with E-state index in [0.29, 0.717) is 12.0 Å². The molecule has 0 amide bonds. The third-order valence-electron chi connectivity index (χ3n) is 5.29. The lowest BCUT2D eigenvalue weighted by Crippen LogP contribution is -2.31. The van der Waals surface area contributed by atoms with Crippen LogP contribution in [-0.2, 0) is 6.42 Å². The van der Waals surface area contributed by atoms with Gasteiger partial charge in [0.1, 0.15) is 0 Å². The van der Waals surface area contributed by atoms with Crippen LogP contribution in [0.3, 0.4) is 0 Å². The second-order valence-corrected chi connectivity index (χ2v) is 6.97. The van der Waals surface area contributed by atoms with Gasteiger partial charge in [-0.05, 0) is 50.5 Å². The summed E-state index contributed by atoms with van der Waals surface area (Å²) in [4.78, 5) is 4.72. The van der Waals surface area contributed by atoms with Crippen LogP contribution in [0.25, 0.3) is 0 Å². The highest BCUT2D eigenvalue weighted by Gasteiger charge is 2.42. The van der Waals surface area contributed by atoms with Crippen LogP contribution in [0.2, 0.25) is 0 Å². The molecule has 2 aliphatic carbocycles. The Hall–Kier alpha value is -0.900. The van der Waals surface area contributed by atoms with Gasteiger partial charge in [0.2, 0.25) is 5.89 Å². The van der Waals surface area contributed by atoms with Crippen LogP contribution in [0.5, 0.6) is 0 Å². The van der Waals surface area contributed by atoms with Gasteiger partial charge in [-0.1, -0.05) is 31.8 Å². The highest BCUT2D eigenvalue weighted by atomic mass is 16.5. The Labute approximate surface area is 128 Å². The minimum absolute atomic E-state index is 0.475. The fourth-order valence-corrected chi connectivity index (χ4v) is 4.25. The fraction of sp³-hybridized carbons (Fsp3) is 0.882. The van der Waals surface area contributed by atoms with E-state index in [2.05, 4.69) is 24.3 Å². The smallest absolute Gasteiger partial charge is 0.228 e. The molecule has 0 aromatic carbocycles. The number of nitrogens with zero attached hydrogens (tertiary/aromatic N) is 2. The summed E-state index contributed by atoms with van der Waals surface area (Å²) in [5.41, 5.74) is 0. The molecule has 4 heteroatoms. The summed E-state index contributed by atoms with van der Waals surface area (Å²) in [6.45, 7) is 5.50. The lowest BCUT2D eigenvalue weighted by atomic mass is 9.88. The normalized spacial score (nSPS) is 29.1. The van der Waals surface area contributed by atoms with Gasteiger partial charge in [0.15, 0.2) is 5.82 Å². The van der Waals surface area contributed by atoms with Gasteiger partial charge in [-0.15, -0.1) is 0 Å². The number of hydrogen-bond donors (Lipinski definition) is 1. The van der Waals surface area contributed by atoms with E-state index in [1.807, 2.05) is 0 Å². The zero-order valence-corrected chi connectivity index (χ0v) is 13.5. The summed E-state index contributed by atoms with van der Waals surface area (Å²) in [7, 11) is 0. The van der Waals surface area contributed by atoms with Crippen LogP contribution in [0.1, 0.15) is 76.4 Å². The van der Waals surface area contributed by atoms with Crippen molar-refractivity contribution in [3.8, 4) is 0 Å². The zero-order chi connectivity index (χ0) is 14.7. The van der Waals surface area contributed by atoms with E-state index < -0.39 is 0 Å². The standard InChI is InChI=1S/C17H29N3O/c1-3-5-14(18-8-4-2)11-16-19-17(20-21-16)15-10-12-6-7-13(15)9-12/h12-15,18H,3-11H2,1-2H3. The minimum atomic E-state index is 0.475. The van der Waals surface area contributed by atoms with E-state index >= 15 is 0 Å². The molecule has 1 aromatic rings. The predicted molar refractivity (Wildman–Crippen MR) is 83.2 cm³/mol. The average Bonchev–Trinajstić information content (AvgIpc) is 3.20. The molecule has 2 saturated carbocycles. The lowest BCUT2D eigenvalue weighted by Gasteiger charge is -2.17. The molecule has 21 heavy (non-hydrogen) atoms. The van der Waals surface area contributed by atoms with Crippen molar-refractivity contribution in [3.05, 3.63) is 11.7 Å². The van der Waals surface area contributed by atoms with Gasteiger partial charge in [0.25, 0.3) is 0 Å². The SMILES string of the molecule is CCCNC(CCC)Cc1nc(C2CC3CCC2C3)no1. The fourth-order valence-electron chi connectivity index (χ4n) is 4.25. The van der Waals surface area contributed by atoms with Gasteiger partial charge >= 0.3 is 0 Å². The topological polar surface area (TPSA) is 51.0 Å². The van der Waals surface area contributed by atoms with Crippen LogP contribution in [0, 0.1) is 11.8 Å². The quantitative estimate of drug-likeness (QED) is 0.793. The van der Waals surface area contributed by atoms with Gasteiger partial charge in [-0.2, -0.15) is 4.98 Å². The largest absolute Gasteiger partial charge is 0.339 e. The van der Waals surface area contributed by atoms with Crippen molar-refractivity contribution >= 4 is 0 Å². The predicted octanol–water partition coefficient (Wildman–Crippen LogP) is 3.68. The van der Waals surface area contributed by atoms with E-state index in [4.69, 9.17) is 9.51 Å². The first kappa shape index (κ1) is 15.0. The molecule has 3 rings (SSSR count). The molecule has 0 aliphatic heterocycles. The zero-order valence-electron chi connectivity index (χ0n) is 13.5. The molecule has 1 aromatic heterocycles. The molecule has 4 nitrogen and oxygen atoms in total. The molecule has 118 valence electrons. The van der Waals surface area contributed by atoms with Crippen molar-refractivity contribution < 1.29 is 4.52 Å². The summed E-state index contributed by atoms with van der Waals surface area (Å²) in [5.74, 6) is 4.15. The van der Waals surface area contributed by atoms with Crippen LogP contribution in [0.15, 0.2) is 4.52 Å². The lowest BCUT2D eigenvalue weighted by molar-refractivity contribution is 0.336. The summed E-state index contributed by atoms with van der Waals surface area (Å²) in [6.07, 6.45) is 9.88. The second-order valence-electron chi connectivity index (χ2n) is 6.97. The number of fused-ring (bicyclic) bond motifs is 2. The second kappa shape index (κ2) is 6.91. The molecule has 0 spiro atoms. The van der Waals surface area contributed by atoms with Crippen molar-refractivity contribution in [3.63, 3.8) is 0 Å². The summed E-state index contributed by atoms with van der Waals surface area (Å²) >= 11 is 0. The Balaban J connectivity index is 1.58. The van der Waals surface area contributed by atoms with Gasteiger partial charge in [-0.25, -0.2) is 0 Å². The summed E-state index contributed by atoms with van der Waals surface area (Å²) < 4.78 is 5.54. The van der Waals surface area contributed by atoms with Crippen molar-refractivity contribution in [1.82, 2.24) is 15.5 Å². The van der Waals surface area contributed by atoms with Crippen LogP contribution in [-0.4, -0.2) is 22.7 Å². The molecular weight excluding hydrogens is 262 g/mol. The Kier molecular flexibility index (Phi) is 4.94. The molecule has 4 atom stereocenters. The number of nitrogens with one attached hydrogen (secondary N) is 1. The van der Waals surface area contributed by atoms with Gasteiger partial charge in [-0.3, -0.25) is 0 Å². The first-order chi connectivity index (χ1) is 10.3. The molecule has 2 aliphatic rings. The highest BCUT2D eigenvalue weighted by molar-refractivity contribution is 5.06. The van der Waals surface area contributed by atoms with E-state index in [-0.39, 0.29) is 0 Å². The molecule has 4 unspecified atom stereocenters. The summed E-state index contributed by atoms with van der Waals surface area (Å²) in [6, 6.07) is 0.475. The first-order valence-corrected chi connectivity index (χ1v) is 8.86. The van der Waals surface area contributed by atoms with E-state index in [0.717, 1.165) is 36.5 Å². The number of rotatable bonds is 8. The third kappa shape index (κ3) is 3.47. The Morgan fingerprint density at radius 2 is 2.14 bits per heavy atom. The van der Waals surface area contributed by atoms with Gasteiger partial charge < -0.3 is 9.84 Å². The van der Waals surface area contributed by atoms with Gasteiger partial charge in [0.05, 0.1) is 0 Å². The van der Waals surface area contributed by atoms with Crippen molar-refractivity contribution in [2.24, 2.45) is 11.8 Å². The minimum Gasteiger partial charge on any atom is -0.339 e. The maximum absolute atomic E-state index is 5.54. The Morgan fingerprint density at radius 1 is 1.24 bits per heavy atom. The van der Waals surface area contributed by atoms with Crippen LogP contribution >= 0.6 is 0 Å². The number of hydrogen-bond acceptors (Lipinski definition) is 4. The molecule has 2 fully saturated rings. The summed E-state index contributed by atoms with van der Waals surface area (Å²) in [5, 5.41) is 7.89. The van der Waals surface area contributed by atoms with E-state index in [9.17, 15) is 0 Å². The molecule has 2 bridgehead atoms.